The Bertz CT molecular complexity index is 629. The molecule has 1 aromatic carbocycles. The lowest BCUT2D eigenvalue weighted by Crippen LogP contribution is -2.29. The number of hydrogen-bond donors (Lipinski definition) is 1. The highest BCUT2D eigenvalue weighted by Gasteiger charge is 2.18. The van der Waals surface area contributed by atoms with Gasteiger partial charge in [0.15, 0.2) is 5.78 Å². The summed E-state index contributed by atoms with van der Waals surface area (Å²) in [5.41, 5.74) is 2.66. The standard InChI is InChI=1S/C16H20N4O/c1-12-3-2-4-13(9-12)10-16(21)15-11-20(19-18-15)14-5-7-17-8-6-14/h2-4,9,11,14,17H,5-8,10H2,1H3. The summed E-state index contributed by atoms with van der Waals surface area (Å²) >= 11 is 0. The van der Waals surface area contributed by atoms with Gasteiger partial charge < -0.3 is 5.32 Å². The quantitative estimate of drug-likeness (QED) is 0.872. The van der Waals surface area contributed by atoms with Gasteiger partial charge in [-0.15, -0.1) is 5.10 Å². The number of nitrogens with zero attached hydrogens (tertiary/aromatic N) is 3. The van der Waals surface area contributed by atoms with Crippen molar-refractivity contribution in [2.45, 2.75) is 32.2 Å². The molecule has 1 aliphatic heterocycles. The Morgan fingerprint density at radius 2 is 2.19 bits per heavy atom. The van der Waals surface area contributed by atoms with Crippen LogP contribution in [-0.4, -0.2) is 33.9 Å². The number of aryl methyl sites for hydroxylation is 1. The lowest BCUT2D eigenvalue weighted by atomic mass is 10.0. The number of piperidine rings is 1. The average Bonchev–Trinajstić information content (AvgIpc) is 2.98. The molecule has 0 unspecified atom stereocenters. The van der Waals surface area contributed by atoms with Crippen LogP contribution in [0.2, 0.25) is 0 Å². The predicted octanol–water partition coefficient (Wildman–Crippen LogP) is 1.94. The zero-order valence-corrected chi connectivity index (χ0v) is 12.2. The van der Waals surface area contributed by atoms with E-state index in [0.717, 1.165) is 31.5 Å². The largest absolute Gasteiger partial charge is 0.317 e. The molecule has 1 aliphatic rings. The maximum absolute atomic E-state index is 12.3. The fourth-order valence-corrected chi connectivity index (χ4v) is 2.75. The first-order valence-corrected chi connectivity index (χ1v) is 7.43. The highest BCUT2D eigenvalue weighted by atomic mass is 16.1. The predicted molar refractivity (Wildman–Crippen MR) is 80.4 cm³/mol. The molecule has 1 saturated heterocycles. The summed E-state index contributed by atoms with van der Waals surface area (Å²) < 4.78 is 1.85. The van der Waals surface area contributed by atoms with Crippen molar-refractivity contribution >= 4 is 5.78 Å². The Hall–Kier alpha value is -2.01. The van der Waals surface area contributed by atoms with Crippen LogP contribution in [0, 0.1) is 6.92 Å². The Balaban J connectivity index is 1.69. The van der Waals surface area contributed by atoms with E-state index < -0.39 is 0 Å². The normalized spacial score (nSPS) is 16.0. The third kappa shape index (κ3) is 3.36. The summed E-state index contributed by atoms with van der Waals surface area (Å²) in [5.74, 6) is 0.0285. The third-order valence-corrected chi connectivity index (χ3v) is 3.93. The minimum absolute atomic E-state index is 0.0285. The van der Waals surface area contributed by atoms with E-state index >= 15 is 0 Å². The van der Waals surface area contributed by atoms with E-state index in [0.29, 0.717) is 18.2 Å². The molecular weight excluding hydrogens is 264 g/mol. The fraction of sp³-hybridized carbons (Fsp3) is 0.438. The number of benzene rings is 1. The summed E-state index contributed by atoms with van der Waals surface area (Å²) in [4.78, 5) is 12.3. The topological polar surface area (TPSA) is 59.8 Å². The number of Topliss-reactive ketones (excluding diaryl/α,β-unsaturated/α-hetero) is 1. The van der Waals surface area contributed by atoms with Crippen LogP contribution in [0.1, 0.15) is 40.5 Å². The molecule has 110 valence electrons. The number of rotatable bonds is 4. The second kappa shape index (κ2) is 6.18. The van der Waals surface area contributed by atoms with Gasteiger partial charge in [0.1, 0.15) is 5.69 Å². The second-order valence-corrected chi connectivity index (χ2v) is 5.65. The lowest BCUT2D eigenvalue weighted by Gasteiger charge is -2.22. The minimum atomic E-state index is 0.0285. The molecule has 2 aromatic rings. The molecule has 3 rings (SSSR count). The van der Waals surface area contributed by atoms with Crippen LogP contribution in [0.4, 0.5) is 0 Å². The maximum Gasteiger partial charge on any atom is 0.189 e. The number of hydrogen-bond acceptors (Lipinski definition) is 4. The lowest BCUT2D eigenvalue weighted by molar-refractivity contribution is 0.0988. The molecule has 0 amide bonds. The minimum Gasteiger partial charge on any atom is -0.317 e. The average molecular weight is 284 g/mol. The van der Waals surface area contributed by atoms with Crippen molar-refractivity contribution in [1.29, 1.82) is 0 Å². The monoisotopic (exact) mass is 284 g/mol. The van der Waals surface area contributed by atoms with Gasteiger partial charge in [-0.2, -0.15) is 0 Å². The van der Waals surface area contributed by atoms with Crippen molar-refractivity contribution in [3.63, 3.8) is 0 Å². The Morgan fingerprint density at radius 3 is 2.95 bits per heavy atom. The summed E-state index contributed by atoms with van der Waals surface area (Å²) in [6, 6.07) is 8.38. The van der Waals surface area contributed by atoms with Gasteiger partial charge in [-0.25, -0.2) is 4.68 Å². The van der Waals surface area contributed by atoms with Crippen molar-refractivity contribution in [2.24, 2.45) is 0 Å². The number of carbonyl (C=O) groups is 1. The first-order chi connectivity index (χ1) is 10.2. The van der Waals surface area contributed by atoms with Crippen molar-refractivity contribution < 1.29 is 4.79 Å². The van der Waals surface area contributed by atoms with Crippen LogP contribution in [0.3, 0.4) is 0 Å². The molecule has 2 heterocycles. The van der Waals surface area contributed by atoms with E-state index in [-0.39, 0.29) is 5.78 Å². The highest BCUT2D eigenvalue weighted by molar-refractivity contribution is 5.95. The molecule has 0 atom stereocenters. The van der Waals surface area contributed by atoms with E-state index in [1.807, 2.05) is 35.9 Å². The van der Waals surface area contributed by atoms with Crippen LogP contribution >= 0.6 is 0 Å². The van der Waals surface area contributed by atoms with Crippen LogP contribution in [-0.2, 0) is 6.42 Å². The molecule has 0 aliphatic carbocycles. The summed E-state index contributed by atoms with van der Waals surface area (Å²) in [6.07, 6.45) is 4.25. The number of nitrogens with one attached hydrogen (secondary N) is 1. The zero-order valence-electron chi connectivity index (χ0n) is 12.2. The van der Waals surface area contributed by atoms with Gasteiger partial charge in [0.05, 0.1) is 12.2 Å². The Kier molecular flexibility index (Phi) is 4.10. The van der Waals surface area contributed by atoms with Crippen molar-refractivity contribution in [3.05, 3.63) is 47.3 Å². The first kappa shape index (κ1) is 13.9. The SMILES string of the molecule is Cc1cccc(CC(=O)c2cn(C3CCNCC3)nn2)c1. The molecule has 21 heavy (non-hydrogen) atoms. The molecule has 5 nitrogen and oxygen atoms in total. The molecule has 0 radical (unpaired) electrons. The molecule has 0 bridgehead atoms. The molecule has 1 aromatic heterocycles. The zero-order chi connectivity index (χ0) is 14.7. The summed E-state index contributed by atoms with van der Waals surface area (Å²) in [7, 11) is 0. The van der Waals surface area contributed by atoms with Crippen LogP contribution in [0.25, 0.3) is 0 Å². The fourth-order valence-electron chi connectivity index (χ4n) is 2.75. The highest BCUT2D eigenvalue weighted by Crippen LogP contribution is 2.17. The molecule has 5 heteroatoms. The van der Waals surface area contributed by atoms with Crippen LogP contribution < -0.4 is 5.32 Å². The summed E-state index contributed by atoms with van der Waals surface area (Å²) in [5, 5.41) is 11.5. The first-order valence-electron chi connectivity index (χ1n) is 7.43. The van der Waals surface area contributed by atoms with Gasteiger partial charge in [-0.1, -0.05) is 35.0 Å². The van der Waals surface area contributed by atoms with E-state index in [2.05, 4.69) is 15.6 Å². The van der Waals surface area contributed by atoms with Gasteiger partial charge in [-0.05, 0) is 38.4 Å². The van der Waals surface area contributed by atoms with Gasteiger partial charge in [0.25, 0.3) is 0 Å². The number of aromatic nitrogens is 3. The Labute approximate surface area is 124 Å². The Morgan fingerprint density at radius 1 is 1.38 bits per heavy atom. The van der Waals surface area contributed by atoms with Crippen molar-refractivity contribution in [3.8, 4) is 0 Å². The van der Waals surface area contributed by atoms with Crippen molar-refractivity contribution in [2.75, 3.05) is 13.1 Å². The van der Waals surface area contributed by atoms with E-state index in [1.54, 1.807) is 6.20 Å². The van der Waals surface area contributed by atoms with E-state index in [1.165, 1.54) is 5.56 Å². The van der Waals surface area contributed by atoms with Gasteiger partial charge >= 0.3 is 0 Å². The molecule has 0 spiro atoms. The van der Waals surface area contributed by atoms with Gasteiger partial charge in [0, 0.05) is 6.42 Å². The smallest absolute Gasteiger partial charge is 0.189 e. The van der Waals surface area contributed by atoms with Crippen LogP contribution in [0.15, 0.2) is 30.5 Å². The van der Waals surface area contributed by atoms with Gasteiger partial charge in [-0.3, -0.25) is 4.79 Å². The number of carbonyl (C=O) groups excluding carboxylic acids is 1. The third-order valence-electron chi connectivity index (χ3n) is 3.93. The number of ketones is 1. The molecule has 1 N–H and O–H groups in total. The van der Waals surface area contributed by atoms with Gasteiger partial charge in [0.2, 0.25) is 0 Å². The summed E-state index contributed by atoms with van der Waals surface area (Å²) in [6.45, 7) is 4.02. The molecule has 0 saturated carbocycles. The van der Waals surface area contributed by atoms with E-state index in [4.69, 9.17) is 0 Å². The molecule has 1 fully saturated rings. The van der Waals surface area contributed by atoms with Crippen LogP contribution in [0.5, 0.6) is 0 Å². The molecular formula is C16H20N4O. The van der Waals surface area contributed by atoms with Crippen molar-refractivity contribution in [1.82, 2.24) is 20.3 Å². The second-order valence-electron chi connectivity index (χ2n) is 5.65. The van der Waals surface area contributed by atoms with E-state index in [9.17, 15) is 4.79 Å². The maximum atomic E-state index is 12.3.